The van der Waals surface area contributed by atoms with Gasteiger partial charge >= 0.3 is 5.97 Å². The molecule has 19 heavy (non-hydrogen) atoms. The van der Waals surface area contributed by atoms with Crippen molar-refractivity contribution in [3.63, 3.8) is 0 Å². The maximum absolute atomic E-state index is 13.3. The van der Waals surface area contributed by atoms with Gasteiger partial charge in [-0.1, -0.05) is 0 Å². The lowest BCUT2D eigenvalue weighted by atomic mass is 10.2. The quantitative estimate of drug-likeness (QED) is 0.878. The Balaban J connectivity index is 2.50. The number of carbonyl (C=O) groups is 1. The van der Waals surface area contributed by atoms with Gasteiger partial charge in [0.15, 0.2) is 5.69 Å². The molecule has 100 valence electrons. The molecule has 0 unspecified atom stereocenters. The van der Waals surface area contributed by atoms with Crippen LogP contribution in [0.15, 0.2) is 24.4 Å². The minimum atomic E-state index is -1.17. The maximum atomic E-state index is 13.3. The lowest BCUT2D eigenvalue weighted by Gasteiger charge is -2.02. The van der Waals surface area contributed by atoms with Crippen molar-refractivity contribution in [2.45, 2.75) is 13.3 Å². The number of aliphatic hydroxyl groups excluding tert-OH is 1. The first kappa shape index (κ1) is 13.2. The van der Waals surface area contributed by atoms with Gasteiger partial charge in [-0.2, -0.15) is 5.10 Å². The van der Waals surface area contributed by atoms with Gasteiger partial charge in [0.05, 0.1) is 5.69 Å². The summed E-state index contributed by atoms with van der Waals surface area (Å²) in [5, 5.41) is 21.9. The number of halogens is 1. The molecule has 0 saturated heterocycles. The zero-order valence-corrected chi connectivity index (χ0v) is 10.3. The molecule has 2 rings (SSSR count). The normalized spacial score (nSPS) is 10.7. The molecule has 0 aliphatic heterocycles. The molecular weight excluding hydrogens is 251 g/mol. The van der Waals surface area contributed by atoms with Crippen LogP contribution in [0.25, 0.3) is 5.69 Å². The van der Waals surface area contributed by atoms with Gasteiger partial charge in [-0.05, 0) is 37.1 Å². The van der Waals surface area contributed by atoms with Crippen molar-refractivity contribution in [2.75, 3.05) is 6.61 Å². The highest BCUT2D eigenvalue weighted by atomic mass is 19.1. The number of hydrogen-bond acceptors (Lipinski definition) is 3. The van der Waals surface area contributed by atoms with E-state index in [9.17, 15) is 9.18 Å². The minimum absolute atomic E-state index is 0.129. The Kier molecular flexibility index (Phi) is 3.62. The van der Waals surface area contributed by atoms with Crippen LogP contribution in [-0.4, -0.2) is 32.6 Å². The highest BCUT2D eigenvalue weighted by molar-refractivity contribution is 5.87. The van der Waals surface area contributed by atoms with Gasteiger partial charge in [0.25, 0.3) is 0 Å². The standard InChI is InChI=1S/C13H13FN2O3/c1-8-4-10(14)6-11(5-8)16-7-9(2-3-17)12(15-16)13(18)19/h4-7,17H,2-3H2,1H3,(H,18,19). The average Bonchev–Trinajstić information content (AvgIpc) is 2.72. The van der Waals surface area contributed by atoms with Gasteiger partial charge in [0.1, 0.15) is 5.82 Å². The van der Waals surface area contributed by atoms with Crippen LogP contribution < -0.4 is 0 Å². The van der Waals surface area contributed by atoms with Gasteiger partial charge < -0.3 is 10.2 Å². The number of aromatic carboxylic acids is 1. The van der Waals surface area contributed by atoms with Crippen molar-refractivity contribution in [3.05, 3.63) is 47.0 Å². The van der Waals surface area contributed by atoms with Crippen molar-refractivity contribution in [2.24, 2.45) is 0 Å². The summed E-state index contributed by atoms with van der Waals surface area (Å²) in [5.74, 6) is -1.58. The van der Waals surface area contributed by atoms with Crippen LogP contribution in [0.4, 0.5) is 4.39 Å². The first-order valence-electron chi connectivity index (χ1n) is 5.71. The van der Waals surface area contributed by atoms with Crippen LogP contribution in [0.3, 0.4) is 0 Å². The minimum Gasteiger partial charge on any atom is -0.476 e. The third kappa shape index (κ3) is 2.79. The molecule has 0 bridgehead atoms. The van der Waals surface area contributed by atoms with E-state index in [4.69, 9.17) is 10.2 Å². The fourth-order valence-electron chi connectivity index (χ4n) is 1.87. The predicted octanol–water partition coefficient (Wildman–Crippen LogP) is 1.55. The molecule has 2 aromatic rings. The van der Waals surface area contributed by atoms with E-state index >= 15 is 0 Å². The van der Waals surface area contributed by atoms with Crippen molar-refractivity contribution in [3.8, 4) is 5.69 Å². The Labute approximate surface area is 108 Å². The molecule has 1 aromatic heterocycles. The second-order valence-electron chi connectivity index (χ2n) is 4.21. The van der Waals surface area contributed by atoms with E-state index in [0.29, 0.717) is 16.8 Å². The van der Waals surface area contributed by atoms with Gasteiger partial charge in [-0.25, -0.2) is 13.9 Å². The number of carboxylic acid groups (broad SMARTS) is 1. The molecule has 0 spiro atoms. The fraction of sp³-hybridized carbons (Fsp3) is 0.231. The summed E-state index contributed by atoms with van der Waals surface area (Å²) in [6.45, 7) is 1.57. The van der Waals surface area contributed by atoms with Crippen molar-refractivity contribution < 1.29 is 19.4 Å². The molecule has 0 atom stereocenters. The number of benzene rings is 1. The number of nitrogens with zero attached hydrogens (tertiary/aromatic N) is 2. The topological polar surface area (TPSA) is 75.4 Å². The highest BCUT2D eigenvalue weighted by Crippen LogP contribution is 2.16. The third-order valence-corrected chi connectivity index (χ3v) is 2.67. The largest absolute Gasteiger partial charge is 0.476 e. The molecule has 6 heteroatoms. The molecular formula is C13H13FN2O3. The van der Waals surface area contributed by atoms with Crippen LogP contribution in [0, 0.1) is 12.7 Å². The number of carboxylic acids is 1. The summed E-state index contributed by atoms with van der Waals surface area (Å²) in [6.07, 6.45) is 1.68. The molecule has 1 heterocycles. The van der Waals surface area contributed by atoms with Crippen LogP contribution >= 0.6 is 0 Å². The van der Waals surface area contributed by atoms with Crippen molar-refractivity contribution in [1.29, 1.82) is 0 Å². The summed E-state index contributed by atoms with van der Waals surface area (Å²) in [5.41, 5.74) is 1.45. The molecule has 0 radical (unpaired) electrons. The van der Waals surface area contributed by atoms with Gasteiger partial charge in [-0.3, -0.25) is 0 Å². The zero-order valence-electron chi connectivity index (χ0n) is 10.3. The molecule has 0 aliphatic rings. The number of rotatable bonds is 4. The molecule has 0 aliphatic carbocycles. The van der Waals surface area contributed by atoms with E-state index < -0.39 is 11.8 Å². The molecule has 0 fully saturated rings. The SMILES string of the molecule is Cc1cc(F)cc(-n2cc(CCO)c(C(=O)O)n2)c1. The zero-order chi connectivity index (χ0) is 14.0. The molecule has 2 N–H and O–H groups in total. The molecule has 1 aromatic carbocycles. The van der Waals surface area contributed by atoms with Crippen LogP contribution in [0.5, 0.6) is 0 Å². The Morgan fingerprint density at radius 3 is 2.74 bits per heavy atom. The Morgan fingerprint density at radius 2 is 2.16 bits per heavy atom. The first-order chi connectivity index (χ1) is 9.01. The van der Waals surface area contributed by atoms with Crippen LogP contribution in [0.2, 0.25) is 0 Å². The molecule has 0 saturated carbocycles. The number of aromatic nitrogens is 2. The highest BCUT2D eigenvalue weighted by Gasteiger charge is 2.16. The average molecular weight is 264 g/mol. The third-order valence-electron chi connectivity index (χ3n) is 2.67. The summed E-state index contributed by atoms with van der Waals surface area (Å²) in [7, 11) is 0. The van der Waals surface area contributed by atoms with Gasteiger partial charge in [0.2, 0.25) is 0 Å². The monoisotopic (exact) mass is 264 g/mol. The predicted molar refractivity (Wildman–Crippen MR) is 66.0 cm³/mol. The second-order valence-corrected chi connectivity index (χ2v) is 4.21. The second kappa shape index (κ2) is 5.19. The summed E-state index contributed by atoms with van der Waals surface area (Å²) < 4.78 is 14.6. The van der Waals surface area contributed by atoms with E-state index in [1.54, 1.807) is 13.0 Å². The van der Waals surface area contributed by atoms with Crippen LogP contribution in [0.1, 0.15) is 21.6 Å². The van der Waals surface area contributed by atoms with Gasteiger partial charge in [-0.15, -0.1) is 0 Å². The first-order valence-corrected chi connectivity index (χ1v) is 5.71. The maximum Gasteiger partial charge on any atom is 0.356 e. The lowest BCUT2D eigenvalue weighted by Crippen LogP contribution is -2.04. The number of aliphatic hydroxyl groups is 1. The van der Waals surface area contributed by atoms with E-state index in [1.165, 1.54) is 23.0 Å². The van der Waals surface area contributed by atoms with E-state index in [1.807, 2.05) is 0 Å². The summed E-state index contributed by atoms with van der Waals surface area (Å²) >= 11 is 0. The van der Waals surface area contributed by atoms with Crippen LogP contribution in [-0.2, 0) is 6.42 Å². The Morgan fingerprint density at radius 1 is 1.42 bits per heavy atom. The van der Waals surface area contributed by atoms with Crippen molar-refractivity contribution in [1.82, 2.24) is 9.78 Å². The smallest absolute Gasteiger partial charge is 0.356 e. The molecule has 5 nitrogen and oxygen atoms in total. The molecule has 0 amide bonds. The van der Waals surface area contributed by atoms with E-state index in [-0.39, 0.29) is 18.7 Å². The van der Waals surface area contributed by atoms with E-state index in [2.05, 4.69) is 5.10 Å². The summed E-state index contributed by atoms with van der Waals surface area (Å²) in [6, 6.07) is 4.35. The fourth-order valence-corrected chi connectivity index (χ4v) is 1.87. The number of hydrogen-bond donors (Lipinski definition) is 2. The van der Waals surface area contributed by atoms with E-state index in [0.717, 1.165) is 0 Å². The Hall–Kier alpha value is -2.21. The lowest BCUT2D eigenvalue weighted by molar-refractivity contribution is 0.0688. The van der Waals surface area contributed by atoms with Gasteiger partial charge in [0, 0.05) is 18.4 Å². The summed E-state index contributed by atoms with van der Waals surface area (Å²) in [4.78, 5) is 11.0. The van der Waals surface area contributed by atoms with Crippen molar-refractivity contribution >= 4 is 5.97 Å². The number of aryl methyl sites for hydroxylation is 1. The Bertz CT molecular complexity index is 602.